The first-order chi connectivity index (χ1) is 10.0. The first-order valence-electron chi connectivity index (χ1n) is 8.43. The Bertz CT molecular complexity index is 433. The second kappa shape index (κ2) is 7.45. The normalized spacial score (nSPS) is 27.5. The van der Waals surface area contributed by atoms with E-state index in [4.69, 9.17) is 0 Å². The molecule has 1 aliphatic rings. The van der Waals surface area contributed by atoms with Gasteiger partial charge < -0.3 is 10.4 Å². The van der Waals surface area contributed by atoms with E-state index in [1.165, 1.54) is 19.4 Å². The highest BCUT2D eigenvalue weighted by molar-refractivity contribution is 5.84. The van der Waals surface area contributed by atoms with Gasteiger partial charge >= 0.3 is 0 Å². The molecule has 0 bridgehead atoms. The van der Waals surface area contributed by atoms with Gasteiger partial charge in [0.25, 0.3) is 5.91 Å². The highest BCUT2D eigenvalue weighted by Gasteiger charge is 2.36. The molecular weight excluding hydrogens is 274 g/mol. The van der Waals surface area contributed by atoms with Crippen LogP contribution < -0.4 is 5.32 Å². The van der Waals surface area contributed by atoms with E-state index in [2.05, 4.69) is 51.2 Å². The molecule has 1 fully saturated rings. The summed E-state index contributed by atoms with van der Waals surface area (Å²) in [6.45, 7) is 11.7. The van der Waals surface area contributed by atoms with Crippen LogP contribution in [0.5, 0.6) is 0 Å². The maximum Gasteiger partial charge on any atom is 0.251 e. The lowest BCUT2D eigenvalue weighted by Crippen LogP contribution is -2.54. The number of carbonyl (C=O) groups is 1. The molecular formula is C19H33NO2. The van der Waals surface area contributed by atoms with Gasteiger partial charge in [0, 0.05) is 5.54 Å². The van der Waals surface area contributed by atoms with Crippen LogP contribution in [0.1, 0.15) is 67.2 Å². The van der Waals surface area contributed by atoms with Gasteiger partial charge in [-0.15, -0.1) is 0 Å². The molecule has 0 saturated heterocycles. The number of carbonyl (C=O) groups excluding carboxylic acids is 1. The van der Waals surface area contributed by atoms with Gasteiger partial charge in [-0.25, -0.2) is 0 Å². The predicted octanol–water partition coefficient (Wildman–Crippen LogP) is 3.98. The Hall–Kier alpha value is -1.09. The Morgan fingerprint density at radius 1 is 1.32 bits per heavy atom. The lowest BCUT2D eigenvalue weighted by Gasteiger charge is -2.39. The Labute approximate surface area is 135 Å². The van der Waals surface area contributed by atoms with Crippen LogP contribution >= 0.6 is 0 Å². The number of hydrogen-bond donors (Lipinski definition) is 2. The van der Waals surface area contributed by atoms with Crippen LogP contribution in [0, 0.1) is 11.8 Å². The summed E-state index contributed by atoms with van der Waals surface area (Å²) in [5.41, 5.74) is -0.0772. The maximum atomic E-state index is 12.0. The van der Waals surface area contributed by atoms with E-state index in [9.17, 15) is 9.90 Å². The minimum Gasteiger partial charge on any atom is -0.381 e. The van der Waals surface area contributed by atoms with E-state index in [0.29, 0.717) is 11.8 Å². The van der Waals surface area contributed by atoms with Gasteiger partial charge in [0.1, 0.15) is 5.60 Å². The molecule has 0 atom stereocenters. The Balaban J connectivity index is 2.57. The summed E-state index contributed by atoms with van der Waals surface area (Å²) in [5, 5.41) is 12.8. The molecule has 0 aliphatic heterocycles. The van der Waals surface area contributed by atoms with Crippen LogP contribution in [0.3, 0.4) is 0 Å². The fourth-order valence-electron chi connectivity index (χ4n) is 2.83. The zero-order valence-electron chi connectivity index (χ0n) is 15.1. The van der Waals surface area contributed by atoms with Crippen LogP contribution in [-0.2, 0) is 4.79 Å². The molecule has 1 saturated carbocycles. The third-order valence-electron chi connectivity index (χ3n) is 4.56. The summed E-state index contributed by atoms with van der Waals surface area (Å²) in [5.74, 6) is 0.903. The minimum atomic E-state index is -1.31. The van der Waals surface area contributed by atoms with E-state index in [1.54, 1.807) is 0 Å². The van der Waals surface area contributed by atoms with Gasteiger partial charge in [-0.05, 0) is 65.2 Å². The first kappa shape index (κ1) is 19.0. The van der Waals surface area contributed by atoms with Crippen molar-refractivity contribution in [2.24, 2.45) is 11.8 Å². The number of hydrogen-bond acceptors (Lipinski definition) is 2. The van der Waals surface area contributed by atoms with Crippen molar-refractivity contribution in [3.05, 3.63) is 23.8 Å². The molecule has 1 amide bonds. The van der Waals surface area contributed by atoms with E-state index in [-0.39, 0.29) is 11.4 Å². The van der Waals surface area contributed by atoms with Crippen LogP contribution in [-0.4, -0.2) is 22.2 Å². The van der Waals surface area contributed by atoms with Crippen LogP contribution in [0.15, 0.2) is 23.8 Å². The van der Waals surface area contributed by atoms with Gasteiger partial charge in [-0.1, -0.05) is 37.6 Å². The zero-order valence-corrected chi connectivity index (χ0v) is 15.1. The summed E-state index contributed by atoms with van der Waals surface area (Å²) < 4.78 is 0. The molecule has 22 heavy (non-hydrogen) atoms. The lowest BCUT2D eigenvalue weighted by atomic mass is 9.75. The molecule has 0 aromatic heterocycles. The van der Waals surface area contributed by atoms with Crippen LogP contribution in [0.4, 0.5) is 0 Å². The van der Waals surface area contributed by atoms with Gasteiger partial charge in [0.05, 0.1) is 0 Å². The highest BCUT2D eigenvalue weighted by atomic mass is 16.3. The molecule has 1 aliphatic carbocycles. The number of amides is 1. The SMILES string of the molecule is CC(=CC=CC(C)C)C1CCC(C)(NC(=O)C(C)(C)O)CC1. The van der Waals surface area contributed by atoms with E-state index >= 15 is 0 Å². The van der Waals surface area contributed by atoms with Crippen molar-refractivity contribution in [2.45, 2.75) is 78.4 Å². The Morgan fingerprint density at radius 3 is 2.32 bits per heavy atom. The molecule has 0 unspecified atom stereocenters. The summed E-state index contributed by atoms with van der Waals surface area (Å²) in [6.07, 6.45) is 10.7. The van der Waals surface area contributed by atoms with E-state index in [1.807, 2.05) is 0 Å². The van der Waals surface area contributed by atoms with Crippen LogP contribution in [0.2, 0.25) is 0 Å². The first-order valence-corrected chi connectivity index (χ1v) is 8.43. The van der Waals surface area contributed by atoms with Crippen molar-refractivity contribution in [2.75, 3.05) is 0 Å². The largest absolute Gasteiger partial charge is 0.381 e. The number of rotatable bonds is 5. The molecule has 0 aromatic carbocycles. The van der Waals surface area contributed by atoms with E-state index in [0.717, 1.165) is 25.7 Å². The predicted molar refractivity (Wildman–Crippen MR) is 92.5 cm³/mol. The Morgan fingerprint density at radius 2 is 1.86 bits per heavy atom. The van der Waals surface area contributed by atoms with Crippen molar-refractivity contribution in [3.8, 4) is 0 Å². The third kappa shape index (κ3) is 5.96. The lowest BCUT2D eigenvalue weighted by molar-refractivity contribution is -0.138. The molecule has 2 N–H and O–H groups in total. The quantitative estimate of drug-likeness (QED) is 0.755. The van der Waals surface area contributed by atoms with Crippen LogP contribution in [0.25, 0.3) is 0 Å². The average Bonchev–Trinajstić information content (AvgIpc) is 2.37. The minimum absolute atomic E-state index is 0.193. The fourth-order valence-corrected chi connectivity index (χ4v) is 2.83. The summed E-state index contributed by atoms with van der Waals surface area (Å²) >= 11 is 0. The molecule has 1 rings (SSSR count). The van der Waals surface area contributed by atoms with Crippen molar-refractivity contribution in [1.82, 2.24) is 5.32 Å². The van der Waals surface area contributed by atoms with Crippen molar-refractivity contribution in [1.29, 1.82) is 0 Å². The second-order valence-electron chi connectivity index (χ2n) is 7.89. The molecule has 3 heteroatoms. The summed E-state index contributed by atoms with van der Waals surface area (Å²) in [6, 6.07) is 0. The number of nitrogens with one attached hydrogen (secondary N) is 1. The monoisotopic (exact) mass is 307 g/mol. The summed E-state index contributed by atoms with van der Waals surface area (Å²) in [7, 11) is 0. The van der Waals surface area contributed by atoms with Gasteiger partial charge in [-0.3, -0.25) is 4.79 Å². The van der Waals surface area contributed by atoms with Gasteiger partial charge in [0.2, 0.25) is 0 Å². The Kier molecular flexibility index (Phi) is 6.42. The topological polar surface area (TPSA) is 49.3 Å². The van der Waals surface area contributed by atoms with Crippen molar-refractivity contribution in [3.63, 3.8) is 0 Å². The van der Waals surface area contributed by atoms with E-state index < -0.39 is 5.60 Å². The zero-order chi connectivity index (χ0) is 17.0. The standard InChI is InChI=1S/C19H33NO2/c1-14(2)8-7-9-15(3)16-10-12-19(6,13-11-16)20-17(21)18(4,5)22/h7-9,14,16,22H,10-13H2,1-6H3,(H,20,21). The summed E-state index contributed by atoms with van der Waals surface area (Å²) in [4.78, 5) is 12.0. The third-order valence-corrected chi connectivity index (χ3v) is 4.56. The fraction of sp³-hybridized carbons (Fsp3) is 0.737. The maximum absolute atomic E-state index is 12.0. The van der Waals surface area contributed by atoms with Gasteiger partial charge in [0.15, 0.2) is 0 Å². The number of allylic oxidation sites excluding steroid dienone is 4. The second-order valence-corrected chi connectivity index (χ2v) is 7.89. The highest BCUT2D eigenvalue weighted by Crippen LogP contribution is 2.35. The number of aliphatic hydroxyl groups is 1. The van der Waals surface area contributed by atoms with Crippen molar-refractivity contribution >= 4 is 5.91 Å². The smallest absolute Gasteiger partial charge is 0.251 e. The molecule has 0 radical (unpaired) electrons. The molecule has 0 spiro atoms. The average molecular weight is 307 g/mol. The molecule has 126 valence electrons. The molecule has 0 aromatic rings. The molecule has 0 heterocycles. The van der Waals surface area contributed by atoms with Crippen molar-refractivity contribution < 1.29 is 9.90 Å². The van der Waals surface area contributed by atoms with Gasteiger partial charge in [-0.2, -0.15) is 0 Å². The molecule has 3 nitrogen and oxygen atoms in total.